The molecule has 3 saturated heterocycles. The molecule has 17 unspecified atom stereocenters. The largest absolute Gasteiger partial charge is 0.394 e. The van der Waals surface area contributed by atoms with E-state index in [-0.39, 0.29) is 18.9 Å². The van der Waals surface area contributed by atoms with Gasteiger partial charge in [0.15, 0.2) is 18.9 Å². The molecule has 19 heteroatoms. The Morgan fingerprint density at radius 2 is 0.767 bits per heavy atom. The molecular formula is C71H115NO18. The van der Waals surface area contributed by atoms with E-state index >= 15 is 0 Å². The fourth-order valence-corrected chi connectivity index (χ4v) is 10.3. The highest BCUT2D eigenvalue weighted by molar-refractivity contribution is 5.76. The first-order chi connectivity index (χ1) is 43.8. The average molecular weight is 1270 g/mol. The van der Waals surface area contributed by atoms with Gasteiger partial charge in [0.25, 0.3) is 0 Å². The molecule has 1 amide bonds. The lowest BCUT2D eigenvalue weighted by atomic mass is 9.96. The highest BCUT2D eigenvalue weighted by Crippen LogP contribution is 2.33. The number of carbonyl (C=O) groups is 1. The van der Waals surface area contributed by atoms with Gasteiger partial charge in [-0.25, -0.2) is 0 Å². The molecule has 19 nitrogen and oxygen atoms in total. The Bertz CT molecular complexity index is 2150. The van der Waals surface area contributed by atoms with Crippen LogP contribution >= 0.6 is 0 Å². The highest BCUT2D eigenvalue weighted by Gasteiger charge is 2.53. The van der Waals surface area contributed by atoms with Crippen molar-refractivity contribution >= 4 is 5.91 Å². The predicted molar refractivity (Wildman–Crippen MR) is 350 cm³/mol. The third-order valence-corrected chi connectivity index (χ3v) is 15.7. The van der Waals surface area contributed by atoms with Gasteiger partial charge in [-0.15, -0.1) is 0 Å². The average Bonchev–Trinajstić information content (AvgIpc) is 1.63. The maximum atomic E-state index is 13.2. The summed E-state index contributed by atoms with van der Waals surface area (Å²) in [5.41, 5.74) is 0. The molecule has 3 fully saturated rings. The minimum absolute atomic E-state index is 0.242. The molecule has 3 rings (SSSR count). The first-order valence-electron chi connectivity index (χ1n) is 33.4. The van der Waals surface area contributed by atoms with E-state index in [2.05, 4.69) is 153 Å². The maximum Gasteiger partial charge on any atom is 0.220 e. The summed E-state index contributed by atoms with van der Waals surface area (Å²) in [6, 6.07) is -0.898. The van der Waals surface area contributed by atoms with Crippen LogP contribution < -0.4 is 5.32 Å². The molecule has 0 aromatic rings. The number of nitrogens with one attached hydrogen (secondary N) is 1. The summed E-state index contributed by atoms with van der Waals surface area (Å²) < 4.78 is 34.1. The van der Waals surface area contributed by atoms with E-state index in [1.807, 2.05) is 0 Å². The van der Waals surface area contributed by atoms with Gasteiger partial charge in [-0.05, 0) is 96.3 Å². The van der Waals surface area contributed by atoms with Crippen LogP contribution in [-0.2, 0) is 33.2 Å². The highest BCUT2D eigenvalue weighted by atomic mass is 16.8. The number of hydrogen-bond acceptors (Lipinski definition) is 18. The Hall–Kier alpha value is -4.07. The fraction of sp³-hybridized carbons (Fsp3) is 0.676. The molecule has 3 heterocycles. The number of carbonyl (C=O) groups excluding carboxylic acids is 1. The Balaban J connectivity index is 1.26. The summed E-state index contributed by atoms with van der Waals surface area (Å²) >= 11 is 0. The summed E-state index contributed by atoms with van der Waals surface area (Å²) in [6.07, 6.45) is 45.2. The minimum Gasteiger partial charge on any atom is -0.394 e. The van der Waals surface area contributed by atoms with Crippen molar-refractivity contribution < 1.29 is 89.4 Å². The monoisotopic (exact) mass is 1270 g/mol. The first-order valence-corrected chi connectivity index (χ1v) is 33.4. The molecule has 512 valence electrons. The SMILES string of the molecule is CC/C=C\C/C=C\C/C=C\C/C=C\C/C=C\C/C=C\C/C=C\C/C=C\C/C=C\C/C=C\C/C=C\CCCCCCCCCC(=O)NC(COC1OC(CO)C(OC2OC(CO)C(OC3OC(CO)C(O)C(O)C3O)C(O)C2O)C(O)C1O)C(O)CCCCCC. The van der Waals surface area contributed by atoms with Gasteiger partial charge in [-0.3, -0.25) is 4.79 Å². The van der Waals surface area contributed by atoms with Crippen LogP contribution in [-0.4, -0.2) is 193 Å². The molecule has 0 saturated carbocycles. The predicted octanol–water partition coefficient (Wildman–Crippen LogP) is 8.21. The lowest BCUT2D eigenvalue weighted by molar-refractivity contribution is -0.379. The van der Waals surface area contributed by atoms with Gasteiger partial charge >= 0.3 is 0 Å². The Kier molecular flexibility index (Phi) is 45.7. The number of rotatable bonds is 48. The molecule has 0 spiro atoms. The Morgan fingerprint density at radius 3 is 1.19 bits per heavy atom. The second-order valence-corrected chi connectivity index (χ2v) is 23.2. The molecule has 0 aromatic carbocycles. The Morgan fingerprint density at radius 1 is 0.411 bits per heavy atom. The summed E-state index contributed by atoms with van der Waals surface area (Å²) in [5, 5.41) is 120. The van der Waals surface area contributed by atoms with Crippen molar-refractivity contribution in [2.45, 2.75) is 279 Å². The van der Waals surface area contributed by atoms with E-state index in [1.165, 1.54) is 0 Å². The van der Waals surface area contributed by atoms with Crippen LogP contribution in [0.1, 0.15) is 174 Å². The number of allylic oxidation sites excluding steroid dienone is 22. The fourth-order valence-electron chi connectivity index (χ4n) is 10.3. The van der Waals surface area contributed by atoms with Gasteiger partial charge < -0.3 is 89.9 Å². The van der Waals surface area contributed by atoms with E-state index in [4.69, 9.17) is 28.4 Å². The number of amides is 1. The van der Waals surface area contributed by atoms with Crippen molar-refractivity contribution in [3.8, 4) is 0 Å². The Labute approximate surface area is 537 Å². The van der Waals surface area contributed by atoms with E-state index < -0.39 is 124 Å². The van der Waals surface area contributed by atoms with Gasteiger partial charge in [0.1, 0.15) is 73.2 Å². The number of aliphatic hydroxyl groups is 11. The summed E-state index contributed by atoms with van der Waals surface area (Å²) in [6.45, 7) is 1.49. The molecule has 0 aliphatic carbocycles. The third kappa shape index (κ3) is 33.2. The number of unbranched alkanes of at least 4 members (excludes halogenated alkanes) is 10. The molecule has 3 aliphatic heterocycles. The topological polar surface area (TPSA) is 307 Å². The summed E-state index contributed by atoms with van der Waals surface area (Å²) in [7, 11) is 0. The van der Waals surface area contributed by atoms with Crippen LogP contribution in [0.25, 0.3) is 0 Å². The lowest BCUT2D eigenvalue weighted by Gasteiger charge is -2.48. The molecule has 0 radical (unpaired) electrons. The minimum atomic E-state index is -1.98. The van der Waals surface area contributed by atoms with Crippen LogP contribution in [0, 0.1) is 0 Å². The van der Waals surface area contributed by atoms with E-state index in [0.29, 0.717) is 19.3 Å². The van der Waals surface area contributed by atoms with Crippen molar-refractivity contribution in [3.63, 3.8) is 0 Å². The normalized spacial score (nSPS) is 28.9. The smallest absolute Gasteiger partial charge is 0.220 e. The van der Waals surface area contributed by atoms with Crippen LogP contribution in [0.3, 0.4) is 0 Å². The van der Waals surface area contributed by atoms with Gasteiger partial charge in [-0.1, -0.05) is 205 Å². The first kappa shape index (κ1) is 80.2. The van der Waals surface area contributed by atoms with Crippen LogP contribution in [0.2, 0.25) is 0 Å². The van der Waals surface area contributed by atoms with Crippen LogP contribution in [0.5, 0.6) is 0 Å². The van der Waals surface area contributed by atoms with E-state index in [0.717, 1.165) is 135 Å². The summed E-state index contributed by atoms with van der Waals surface area (Å²) in [4.78, 5) is 13.2. The van der Waals surface area contributed by atoms with Crippen LogP contribution in [0.4, 0.5) is 0 Å². The second-order valence-electron chi connectivity index (χ2n) is 23.2. The molecule has 0 bridgehead atoms. The van der Waals surface area contributed by atoms with Crippen LogP contribution in [0.15, 0.2) is 134 Å². The number of hydrogen-bond donors (Lipinski definition) is 12. The van der Waals surface area contributed by atoms with Crippen molar-refractivity contribution in [3.05, 3.63) is 134 Å². The van der Waals surface area contributed by atoms with Crippen molar-refractivity contribution in [1.82, 2.24) is 5.32 Å². The van der Waals surface area contributed by atoms with Crippen molar-refractivity contribution in [1.29, 1.82) is 0 Å². The lowest BCUT2D eigenvalue weighted by Crippen LogP contribution is -2.66. The zero-order valence-corrected chi connectivity index (χ0v) is 53.8. The molecule has 3 aliphatic rings. The van der Waals surface area contributed by atoms with Crippen molar-refractivity contribution in [2.75, 3.05) is 26.4 Å². The molecule has 90 heavy (non-hydrogen) atoms. The van der Waals surface area contributed by atoms with Gasteiger partial charge in [0, 0.05) is 6.42 Å². The van der Waals surface area contributed by atoms with Crippen molar-refractivity contribution in [2.24, 2.45) is 0 Å². The second kappa shape index (κ2) is 51.4. The summed E-state index contributed by atoms with van der Waals surface area (Å²) in [5.74, 6) is -0.271. The molecule has 12 N–H and O–H groups in total. The van der Waals surface area contributed by atoms with Gasteiger partial charge in [-0.2, -0.15) is 0 Å². The standard InChI is InChI=1S/C71H115NO18/c1-3-5-7-9-10-11-12-13-14-15-16-17-18-19-20-21-22-23-24-25-26-27-28-29-30-31-32-33-34-35-36-37-38-39-40-41-42-43-44-45-47-49-59(77)72-54(55(76)48-46-8-6-4-2)53-85-69-65(83)62(80)67(57(51-74)87-69)90-71-66(84)63(81)68(58(52-75)88-71)89-70-64(82)61(79)60(78)56(50-73)86-70/h5,7,10-11,13-14,16-17,19-20,22-23,25-26,28-29,31-32,34-35,37-38,54-58,60-71,73-76,78-84H,3-4,6,8-9,12,15,18,21,24,27,30,33,36,39-53H2,1-2H3,(H,72,77)/b7-5-,11-10-,14-13-,17-16-,20-19-,23-22-,26-25-,29-28-,32-31-,35-34-,38-37-. The van der Waals surface area contributed by atoms with E-state index in [1.54, 1.807) is 0 Å². The van der Waals surface area contributed by atoms with Gasteiger partial charge in [0.2, 0.25) is 5.91 Å². The third-order valence-electron chi connectivity index (χ3n) is 15.7. The zero-order chi connectivity index (χ0) is 65.4. The van der Waals surface area contributed by atoms with Gasteiger partial charge in [0.05, 0.1) is 38.6 Å². The quantitative estimate of drug-likeness (QED) is 0.0202. The molecular weight excluding hydrogens is 1150 g/mol. The molecule has 17 atom stereocenters. The number of aliphatic hydroxyl groups excluding tert-OH is 11. The number of ether oxygens (including phenoxy) is 6. The zero-order valence-electron chi connectivity index (χ0n) is 53.8. The van der Waals surface area contributed by atoms with E-state index in [9.17, 15) is 61.0 Å². The maximum absolute atomic E-state index is 13.2. The molecule has 0 aromatic heterocycles.